The lowest BCUT2D eigenvalue weighted by Gasteiger charge is -2.31. The molecule has 0 unspecified atom stereocenters. The molecule has 0 bridgehead atoms. The number of carbonyl (C=O) groups excluding carboxylic acids is 2. The van der Waals surface area contributed by atoms with Crippen molar-refractivity contribution in [3.8, 4) is 0 Å². The Bertz CT molecular complexity index is 928. The second-order valence-corrected chi connectivity index (χ2v) is 8.84. The lowest BCUT2D eigenvalue weighted by molar-refractivity contribution is -0.130. The lowest BCUT2D eigenvalue weighted by atomic mass is 9.92. The van der Waals surface area contributed by atoms with Gasteiger partial charge < -0.3 is 14.8 Å². The Kier molecular flexibility index (Phi) is 6.81. The molecule has 1 aliphatic rings. The van der Waals surface area contributed by atoms with Crippen molar-refractivity contribution in [2.45, 2.75) is 59.3 Å². The maximum absolute atomic E-state index is 14.1. The van der Waals surface area contributed by atoms with Crippen LogP contribution >= 0.6 is 11.6 Å². The summed E-state index contributed by atoms with van der Waals surface area (Å²) in [5.41, 5.74) is 0.568. The summed E-state index contributed by atoms with van der Waals surface area (Å²) in [6, 6.07) is 3.80. The number of likely N-dealkylation sites (tertiary alicyclic amines) is 1. The van der Waals surface area contributed by atoms with Gasteiger partial charge in [0.25, 0.3) is 0 Å². The van der Waals surface area contributed by atoms with E-state index < -0.39 is 17.8 Å². The van der Waals surface area contributed by atoms with E-state index in [-0.39, 0.29) is 35.8 Å². The Labute approximate surface area is 181 Å². The summed E-state index contributed by atoms with van der Waals surface area (Å²) in [7, 11) is 0. The van der Waals surface area contributed by atoms with Gasteiger partial charge in [0.15, 0.2) is 0 Å². The first kappa shape index (κ1) is 22.3. The minimum atomic E-state index is -0.617. The van der Waals surface area contributed by atoms with Crippen LogP contribution in [0.2, 0.25) is 5.02 Å². The van der Waals surface area contributed by atoms with Crippen molar-refractivity contribution in [2.24, 2.45) is 11.8 Å². The molecule has 8 heteroatoms. The third-order valence-electron chi connectivity index (χ3n) is 5.33. The highest BCUT2D eigenvalue weighted by Gasteiger charge is 2.45. The molecule has 2 heterocycles. The van der Waals surface area contributed by atoms with Gasteiger partial charge in [-0.3, -0.25) is 9.59 Å². The number of nitrogens with zero attached hydrogens (tertiary/aromatic N) is 3. The van der Waals surface area contributed by atoms with Crippen molar-refractivity contribution in [2.75, 3.05) is 0 Å². The minimum Gasteiger partial charge on any atom is -0.349 e. The molecule has 0 aliphatic carbocycles. The quantitative estimate of drug-likeness (QED) is 0.717. The number of hydrogen-bond donors (Lipinski definition) is 1. The fraction of sp³-hybridized carbons (Fsp3) is 0.500. The summed E-state index contributed by atoms with van der Waals surface area (Å²) in [5.74, 6) is -0.333. The van der Waals surface area contributed by atoms with Crippen molar-refractivity contribution in [1.82, 2.24) is 19.8 Å². The molecule has 1 saturated heterocycles. The Morgan fingerprint density at radius 2 is 2.07 bits per heavy atom. The number of nitrogens with one attached hydrogen (secondary N) is 1. The van der Waals surface area contributed by atoms with E-state index in [4.69, 9.17) is 11.6 Å². The van der Waals surface area contributed by atoms with Gasteiger partial charge in [-0.15, -0.1) is 0 Å². The van der Waals surface area contributed by atoms with Gasteiger partial charge in [0.1, 0.15) is 11.6 Å². The maximum atomic E-state index is 14.1. The lowest BCUT2D eigenvalue weighted by Crippen LogP contribution is -2.38. The van der Waals surface area contributed by atoms with Crippen molar-refractivity contribution in [3.63, 3.8) is 0 Å². The highest BCUT2D eigenvalue weighted by molar-refractivity contribution is 6.30. The molecule has 6 nitrogen and oxygen atoms in total. The van der Waals surface area contributed by atoms with E-state index in [0.29, 0.717) is 11.5 Å². The van der Waals surface area contributed by atoms with Gasteiger partial charge in [-0.25, -0.2) is 9.37 Å². The number of carbonyl (C=O) groups is 2. The molecule has 0 radical (unpaired) electrons. The van der Waals surface area contributed by atoms with Crippen LogP contribution in [0.25, 0.3) is 0 Å². The topological polar surface area (TPSA) is 67.2 Å². The van der Waals surface area contributed by atoms with Crippen LogP contribution in [0.15, 0.2) is 30.6 Å². The number of imidazole rings is 1. The van der Waals surface area contributed by atoms with Gasteiger partial charge in [-0.2, -0.15) is 0 Å². The molecule has 162 valence electrons. The Balaban J connectivity index is 1.81. The Morgan fingerprint density at radius 1 is 1.33 bits per heavy atom. The molecule has 2 atom stereocenters. The molecule has 3 rings (SSSR count). The first-order valence-electron chi connectivity index (χ1n) is 10.2. The van der Waals surface area contributed by atoms with Crippen LogP contribution in [0.3, 0.4) is 0 Å². The van der Waals surface area contributed by atoms with E-state index >= 15 is 0 Å². The third kappa shape index (κ3) is 4.67. The fourth-order valence-corrected chi connectivity index (χ4v) is 4.17. The van der Waals surface area contributed by atoms with E-state index in [1.54, 1.807) is 17.2 Å². The predicted octanol–water partition coefficient (Wildman–Crippen LogP) is 3.95. The molecule has 30 heavy (non-hydrogen) atoms. The third-order valence-corrected chi connectivity index (χ3v) is 5.63. The van der Waals surface area contributed by atoms with Crippen LogP contribution < -0.4 is 5.32 Å². The molecule has 2 aromatic rings. The van der Waals surface area contributed by atoms with E-state index in [2.05, 4.69) is 24.1 Å². The molecule has 1 aromatic carbocycles. The summed E-state index contributed by atoms with van der Waals surface area (Å²) < 4.78 is 16.1. The summed E-state index contributed by atoms with van der Waals surface area (Å²) in [5, 5.41) is 2.94. The zero-order valence-corrected chi connectivity index (χ0v) is 18.5. The zero-order chi connectivity index (χ0) is 22.0. The van der Waals surface area contributed by atoms with E-state index in [0.717, 1.165) is 12.4 Å². The molecular weight excluding hydrogens is 407 g/mol. The smallest absolute Gasteiger partial charge is 0.226 e. The summed E-state index contributed by atoms with van der Waals surface area (Å²) in [6.45, 7) is 9.08. The molecule has 1 fully saturated rings. The van der Waals surface area contributed by atoms with Gasteiger partial charge in [-0.1, -0.05) is 31.5 Å². The van der Waals surface area contributed by atoms with E-state index in [1.165, 1.54) is 12.1 Å². The van der Waals surface area contributed by atoms with Crippen molar-refractivity contribution < 1.29 is 14.0 Å². The normalized spacial score (nSPS) is 19.2. The van der Waals surface area contributed by atoms with E-state index in [9.17, 15) is 14.0 Å². The molecule has 1 aliphatic heterocycles. The monoisotopic (exact) mass is 434 g/mol. The van der Waals surface area contributed by atoms with Crippen LogP contribution in [-0.2, 0) is 22.7 Å². The number of halogens is 2. The second kappa shape index (κ2) is 9.16. The van der Waals surface area contributed by atoms with Crippen LogP contribution in [0, 0.1) is 17.7 Å². The van der Waals surface area contributed by atoms with Crippen LogP contribution in [0.4, 0.5) is 4.39 Å². The molecule has 1 aromatic heterocycles. The SMILES string of the molecule is CC(C)Cn1ccnc1CNC(=O)[C@H]1CC(=O)N(C(C)C)[C@@H]1c1ccc(Cl)c(F)c1. The molecule has 2 amide bonds. The summed E-state index contributed by atoms with van der Waals surface area (Å²) >= 11 is 5.83. The predicted molar refractivity (Wildman–Crippen MR) is 113 cm³/mol. The number of hydrogen-bond acceptors (Lipinski definition) is 3. The van der Waals surface area contributed by atoms with E-state index in [1.807, 2.05) is 24.6 Å². The second-order valence-electron chi connectivity index (χ2n) is 8.43. The number of rotatable bonds is 7. The number of benzene rings is 1. The van der Waals surface area contributed by atoms with Crippen molar-refractivity contribution in [3.05, 3.63) is 52.8 Å². The molecule has 0 saturated carbocycles. The van der Waals surface area contributed by atoms with Crippen LogP contribution in [0.5, 0.6) is 0 Å². The van der Waals surface area contributed by atoms with Gasteiger partial charge in [0, 0.05) is 31.4 Å². The molecule has 0 spiro atoms. The highest BCUT2D eigenvalue weighted by atomic mass is 35.5. The van der Waals surface area contributed by atoms with Gasteiger partial charge >= 0.3 is 0 Å². The standard InChI is InChI=1S/C22H28ClFN4O2/c1-13(2)12-27-8-7-25-19(27)11-26-22(30)16-10-20(29)28(14(3)4)21(16)15-5-6-17(23)18(24)9-15/h5-9,13-14,16,21H,10-12H2,1-4H3,(H,26,30)/t16-,21+/m0/s1. The van der Waals surface area contributed by atoms with Crippen molar-refractivity contribution in [1.29, 1.82) is 0 Å². The summed E-state index contributed by atoms with van der Waals surface area (Å²) in [6.07, 6.45) is 3.68. The maximum Gasteiger partial charge on any atom is 0.226 e. The highest BCUT2D eigenvalue weighted by Crippen LogP contribution is 2.40. The van der Waals surface area contributed by atoms with Crippen molar-refractivity contribution >= 4 is 23.4 Å². The zero-order valence-electron chi connectivity index (χ0n) is 17.7. The molecular formula is C22H28ClFN4O2. The average molecular weight is 435 g/mol. The minimum absolute atomic E-state index is 0.0113. The Hall–Kier alpha value is -2.41. The Morgan fingerprint density at radius 3 is 2.70 bits per heavy atom. The van der Waals surface area contributed by atoms with Crippen LogP contribution in [0.1, 0.15) is 51.5 Å². The number of aromatic nitrogens is 2. The first-order valence-corrected chi connectivity index (χ1v) is 10.6. The van der Waals surface area contributed by atoms with Gasteiger partial charge in [0.05, 0.1) is 23.5 Å². The average Bonchev–Trinajstić information content (AvgIpc) is 3.25. The first-order chi connectivity index (χ1) is 14.2. The fourth-order valence-electron chi connectivity index (χ4n) is 4.05. The van der Waals surface area contributed by atoms with Gasteiger partial charge in [0.2, 0.25) is 11.8 Å². The molecule has 1 N–H and O–H groups in total. The largest absolute Gasteiger partial charge is 0.349 e. The summed E-state index contributed by atoms with van der Waals surface area (Å²) in [4.78, 5) is 31.8. The number of amides is 2. The van der Waals surface area contributed by atoms with Crippen LogP contribution in [-0.4, -0.2) is 32.3 Å². The van der Waals surface area contributed by atoms with Gasteiger partial charge in [-0.05, 0) is 37.5 Å².